The first-order valence-electron chi connectivity index (χ1n) is 6.63. The number of benzene rings is 1. The summed E-state index contributed by atoms with van der Waals surface area (Å²) in [5.41, 5.74) is 3.21. The van der Waals surface area contributed by atoms with Crippen LogP contribution < -0.4 is 5.32 Å². The zero-order chi connectivity index (χ0) is 14.5. The van der Waals surface area contributed by atoms with Crippen molar-refractivity contribution in [2.24, 2.45) is 0 Å². The van der Waals surface area contributed by atoms with Gasteiger partial charge in [-0.3, -0.25) is 4.79 Å². The predicted octanol–water partition coefficient (Wildman–Crippen LogP) is 4.25. The van der Waals surface area contributed by atoms with E-state index in [1.165, 1.54) is 0 Å². The first-order valence-corrected chi connectivity index (χ1v) is 7.01. The molecule has 0 bridgehead atoms. The molecular formula is C16H17ClN2O. The van der Waals surface area contributed by atoms with E-state index in [2.05, 4.69) is 17.2 Å². The molecule has 2 aromatic rings. The molecule has 2 rings (SSSR count). The van der Waals surface area contributed by atoms with Crippen LogP contribution in [0, 0.1) is 6.92 Å². The topological polar surface area (TPSA) is 42.0 Å². The van der Waals surface area contributed by atoms with Crippen molar-refractivity contribution in [3.8, 4) is 0 Å². The lowest BCUT2D eigenvalue weighted by Crippen LogP contribution is -2.13. The van der Waals surface area contributed by atoms with Crippen LogP contribution in [0.4, 0.5) is 5.69 Å². The number of nitrogens with zero attached hydrogens (tertiary/aromatic N) is 1. The van der Waals surface area contributed by atoms with Crippen LogP contribution in [0.1, 0.15) is 35.0 Å². The molecule has 1 aromatic heterocycles. The van der Waals surface area contributed by atoms with Gasteiger partial charge in [-0.15, -0.1) is 0 Å². The van der Waals surface area contributed by atoms with Gasteiger partial charge in [-0.25, -0.2) is 4.98 Å². The number of para-hydroxylation sites is 1. The van der Waals surface area contributed by atoms with Crippen LogP contribution >= 0.6 is 11.6 Å². The maximum Gasteiger partial charge on any atom is 0.255 e. The fourth-order valence-electron chi connectivity index (χ4n) is 1.97. The number of rotatable bonds is 4. The van der Waals surface area contributed by atoms with Crippen LogP contribution in [0.3, 0.4) is 0 Å². The lowest BCUT2D eigenvalue weighted by atomic mass is 10.1. The number of aryl methyl sites for hydroxylation is 2. The molecule has 104 valence electrons. The Bertz CT molecular complexity index is 626. The third-order valence-corrected chi connectivity index (χ3v) is 3.20. The second-order valence-corrected chi connectivity index (χ2v) is 5.08. The Morgan fingerprint density at radius 1 is 1.30 bits per heavy atom. The zero-order valence-electron chi connectivity index (χ0n) is 11.6. The highest BCUT2D eigenvalue weighted by Crippen LogP contribution is 2.17. The number of carbonyl (C=O) groups excluding carboxylic acids is 1. The Labute approximate surface area is 124 Å². The van der Waals surface area contributed by atoms with E-state index < -0.39 is 0 Å². The molecule has 0 saturated heterocycles. The van der Waals surface area contributed by atoms with E-state index in [9.17, 15) is 4.79 Å². The summed E-state index contributed by atoms with van der Waals surface area (Å²) >= 11 is 5.97. The van der Waals surface area contributed by atoms with Gasteiger partial charge in [0.1, 0.15) is 5.15 Å². The normalized spacial score (nSPS) is 10.3. The average Bonchev–Trinajstić information content (AvgIpc) is 2.41. The summed E-state index contributed by atoms with van der Waals surface area (Å²) < 4.78 is 0. The van der Waals surface area contributed by atoms with Gasteiger partial charge in [0, 0.05) is 16.9 Å². The van der Waals surface area contributed by atoms with Crippen LogP contribution in [0.15, 0.2) is 36.4 Å². The number of anilines is 1. The fraction of sp³-hybridized carbons (Fsp3) is 0.250. The van der Waals surface area contributed by atoms with Crippen molar-refractivity contribution < 1.29 is 4.79 Å². The van der Waals surface area contributed by atoms with E-state index in [0.717, 1.165) is 29.8 Å². The molecule has 4 heteroatoms. The van der Waals surface area contributed by atoms with Crippen LogP contribution in [0.2, 0.25) is 5.15 Å². The molecule has 0 atom stereocenters. The second kappa shape index (κ2) is 6.53. The number of aromatic nitrogens is 1. The molecule has 20 heavy (non-hydrogen) atoms. The maximum atomic E-state index is 12.3. The van der Waals surface area contributed by atoms with Gasteiger partial charge in [-0.05, 0) is 37.1 Å². The lowest BCUT2D eigenvalue weighted by molar-refractivity contribution is 0.102. The number of halogens is 1. The Morgan fingerprint density at radius 3 is 2.75 bits per heavy atom. The molecule has 1 aromatic carbocycles. The van der Waals surface area contributed by atoms with Crippen LogP contribution in [0.5, 0.6) is 0 Å². The molecule has 0 spiro atoms. The molecule has 0 saturated carbocycles. The van der Waals surface area contributed by atoms with Gasteiger partial charge in [-0.1, -0.05) is 43.1 Å². The number of carbonyl (C=O) groups is 1. The summed E-state index contributed by atoms with van der Waals surface area (Å²) in [6.45, 7) is 4.02. The molecular weight excluding hydrogens is 272 g/mol. The smallest absolute Gasteiger partial charge is 0.255 e. The van der Waals surface area contributed by atoms with Crippen LogP contribution in [0.25, 0.3) is 0 Å². The highest BCUT2D eigenvalue weighted by atomic mass is 35.5. The van der Waals surface area contributed by atoms with Gasteiger partial charge in [0.25, 0.3) is 5.91 Å². The Balaban J connectivity index is 2.23. The van der Waals surface area contributed by atoms with Gasteiger partial charge in [-0.2, -0.15) is 0 Å². The largest absolute Gasteiger partial charge is 0.322 e. The number of amides is 1. The predicted molar refractivity (Wildman–Crippen MR) is 82.4 cm³/mol. The van der Waals surface area contributed by atoms with Crippen molar-refractivity contribution in [3.63, 3.8) is 0 Å². The summed E-state index contributed by atoms with van der Waals surface area (Å²) in [7, 11) is 0. The third kappa shape index (κ3) is 3.58. The first-order chi connectivity index (χ1) is 9.60. The maximum absolute atomic E-state index is 12.3. The van der Waals surface area contributed by atoms with Crippen molar-refractivity contribution in [3.05, 3.63) is 58.4 Å². The Kier molecular flexibility index (Phi) is 4.74. The van der Waals surface area contributed by atoms with E-state index in [1.807, 2.05) is 31.2 Å². The van der Waals surface area contributed by atoms with Crippen molar-refractivity contribution in [1.82, 2.24) is 4.98 Å². The molecule has 0 aliphatic heterocycles. The molecule has 0 unspecified atom stereocenters. The Morgan fingerprint density at radius 2 is 2.05 bits per heavy atom. The third-order valence-electron chi connectivity index (χ3n) is 3.01. The fourth-order valence-corrected chi connectivity index (χ4v) is 2.20. The number of hydrogen-bond acceptors (Lipinski definition) is 2. The van der Waals surface area contributed by atoms with Gasteiger partial charge in [0.2, 0.25) is 0 Å². The minimum atomic E-state index is -0.166. The van der Waals surface area contributed by atoms with Crippen molar-refractivity contribution >= 4 is 23.2 Å². The molecule has 1 amide bonds. The molecule has 1 N–H and O–H groups in total. The molecule has 0 fully saturated rings. The van der Waals surface area contributed by atoms with Gasteiger partial charge in [0.15, 0.2) is 0 Å². The molecule has 0 aliphatic carbocycles. The quantitative estimate of drug-likeness (QED) is 0.855. The number of nitrogens with one attached hydrogen (secondary N) is 1. The van der Waals surface area contributed by atoms with Crippen LogP contribution in [-0.4, -0.2) is 10.9 Å². The van der Waals surface area contributed by atoms with Gasteiger partial charge in [0.05, 0.1) is 0 Å². The van der Waals surface area contributed by atoms with Gasteiger partial charge >= 0.3 is 0 Å². The minimum absolute atomic E-state index is 0.166. The summed E-state index contributed by atoms with van der Waals surface area (Å²) in [6, 6.07) is 11.1. The molecule has 0 aliphatic rings. The standard InChI is InChI=1S/C16H17ClN2O/c1-3-6-13-9-12(10-15(17)18-13)16(20)19-14-8-5-4-7-11(14)2/h4-5,7-10H,3,6H2,1-2H3,(H,19,20). The lowest BCUT2D eigenvalue weighted by Gasteiger charge is -2.09. The number of hydrogen-bond donors (Lipinski definition) is 1. The SMILES string of the molecule is CCCc1cc(C(=O)Nc2ccccc2C)cc(Cl)n1. The van der Waals surface area contributed by atoms with E-state index in [0.29, 0.717) is 10.7 Å². The summed E-state index contributed by atoms with van der Waals surface area (Å²) in [5.74, 6) is -0.166. The Hall–Kier alpha value is -1.87. The minimum Gasteiger partial charge on any atom is -0.322 e. The summed E-state index contributed by atoms with van der Waals surface area (Å²) in [5, 5.41) is 3.25. The highest BCUT2D eigenvalue weighted by Gasteiger charge is 2.10. The van der Waals surface area contributed by atoms with E-state index in [1.54, 1.807) is 12.1 Å². The summed E-state index contributed by atoms with van der Waals surface area (Å²) in [6.07, 6.45) is 1.78. The molecule has 3 nitrogen and oxygen atoms in total. The molecule has 0 radical (unpaired) electrons. The van der Waals surface area contributed by atoms with E-state index >= 15 is 0 Å². The van der Waals surface area contributed by atoms with Crippen molar-refractivity contribution in [1.29, 1.82) is 0 Å². The van der Waals surface area contributed by atoms with E-state index in [4.69, 9.17) is 11.6 Å². The molecule has 1 heterocycles. The highest BCUT2D eigenvalue weighted by molar-refractivity contribution is 6.29. The number of pyridine rings is 1. The van der Waals surface area contributed by atoms with Gasteiger partial charge < -0.3 is 5.32 Å². The van der Waals surface area contributed by atoms with Crippen molar-refractivity contribution in [2.75, 3.05) is 5.32 Å². The average molecular weight is 289 g/mol. The second-order valence-electron chi connectivity index (χ2n) is 4.69. The zero-order valence-corrected chi connectivity index (χ0v) is 12.4. The first kappa shape index (κ1) is 14.5. The summed E-state index contributed by atoms with van der Waals surface area (Å²) in [4.78, 5) is 16.5. The van der Waals surface area contributed by atoms with Crippen LogP contribution in [-0.2, 0) is 6.42 Å². The van der Waals surface area contributed by atoms with E-state index in [-0.39, 0.29) is 5.91 Å². The monoisotopic (exact) mass is 288 g/mol. The van der Waals surface area contributed by atoms with Crippen molar-refractivity contribution in [2.45, 2.75) is 26.7 Å².